The molecule has 1 amide bonds. The van der Waals surface area contributed by atoms with Crippen molar-refractivity contribution in [2.24, 2.45) is 0 Å². The number of nitrogens with zero attached hydrogens (tertiary/aromatic N) is 6. The van der Waals surface area contributed by atoms with Gasteiger partial charge in [-0.2, -0.15) is 0 Å². The quantitative estimate of drug-likeness (QED) is 0.198. The SMILES string of the molecule is C=CC(=O)Nc1cc(Nc2cc(-n3c(SC)nnc3-c3ccc(F)cc3)ccn2)ccc1N1CCC(N(C)C)CC1. The molecule has 2 aromatic heterocycles. The number of halogens is 1. The van der Waals surface area contributed by atoms with E-state index in [4.69, 9.17) is 0 Å². The Bertz CT molecular complexity index is 1530. The normalized spacial score (nSPS) is 13.8. The molecule has 0 saturated carbocycles. The second-order valence-electron chi connectivity index (χ2n) is 9.98. The maximum atomic E-state index is 13.6. The van der Waals surface area contributed by atoms with Crippen LogP contribution in [0, 0.1) is 5.82 Å². The van der Waals surface area contributed by atoms with E-state index in [1.165, 1.54) is 30.0 Å². The van der Waals surface area contributed by atoms with Gasteiger partial charge < -0.3 is 20.4 Å². The Labute approximate surface area is 243 Å². The summed E-state index contributed by atoms with van der Waals surface area (Å²) < 4.78 is 15.5. The lowest BCUT2D eigenvalue weighted by Gasteiger charge is -2.37. The lowest BCUT2D eigenvalue weighted by molar-refractivity contribution is -0.111. The number of hydrogen-bond acceptors (Lipinski definition) is 8. The van der Waals surface area contributed by atoms with Crippen LogP contribution in [0.4, 0.5) is 27.3 Å². The van der Waals surface area contributed by atoms with Crippen LogP contribution in [0.15, 0.2) is 78.6 Å². The summed E-state index contributed by atoms with van der Waals surface area (Å²) in [5.74, 6) is 0.627. The zero-order chi connectivity index (χ0) is 28.9. The topological polar surface area (TPSA) is 91.2 Å². The smallest absolute Gasteiger partial charge is 0.247 e. The molecule has 4 aromatic rings. The Kier molecular flexibility index (Phi) is 8.65. The van der Waals surface area contributed by atoms with Crippen LogP contribution in [-0.4, -0.2) is 70.0 Å². The molecule has 0 aliphatic carbocycles. The van der Waals surface area contributed by atoms with Gasteiger partial charge in [0.2, 0.25) is 5.91 Å². The van der Waals surface area contributed by atoms with E-state index in [-0.39, 0.29) is 11.7 Å². The molecule has 2 aromatic carbocycles. The van der Waals surface area contributed by atoms with E-state index < -0.39 is 0 Å². The predicted octanol–water partition coefficient (Wildman–Crippen LogP) is 5.59. The molecular formula is C30H33FN8OS. The molecule has 1 aliphatic heterocycles. The third kappa shape index (κ3) is 6.41. The molecule has 11 heteroatoms. The van der Waals surface area contributed by atoms with E-state index >= 15 is 0 Å². The fraction of sp³-hybridized carbons (Fsp3) is 0.267. The van der Waals surface area contributed by atoms with E-state index in [0.29, 0.717) is 28.5 Å². The van der Waals surface area contributed by atoms with Crippen LogP contribution in [0.5, 0.6) is 0 Å². The van der Waals surface area contributed by atoms with Crippen LogP contribution in [0.2, 0.25) is 0 Å². The van der Waals surface area contributed by atoms with Gasteiger partial charge in [-0.05, 0) is 87.8 Å². The molecule has 0 radical (unpaired) electrons. The van der Waals surface area contributed by atoms with Gasteiger partial charge in [0, 0.05) is 42.6 Å². The first-order valence-electron chi connectivity index (χ1n) is 13.3. The molecule has 9 nitrogen and oxygen atoms in total. The van der Waals surface area contributed by atoms with Crippen molar-refractivity contribution in [3.8, 4) is 17.1 Å². The number of hydrogen-bond donors (Lipinski definition) is 2. The molecule has 1 fully saturated rings. The van der Waals surface area contributed by atoms with Gasteiger partial charge in [-0.1, -0.05) is 18.3 Å². The average molecular weight is 573 g/mol. The summed E-state index contributed by atoms with van der Waals surface area (Å²) in [6.45, 7) is 5.42. The number of pyridine rings is 1. The number of anilines is 4. The first-order valence-corrected chi connectivity index (χ1v) is 14.6. The van der Waals surface area contributed by atoms with Crippen molar-refractivity contribution in [3.63, 3.8) is 0 Å². The van der Waals surface area contributed by atoms with Gasteiger partial charge in [-0.3, -0.25) is 9.36 Å². The zero-order valence-electron chi connectivity index (χ0n) is 23.3. The highest BCUT2D eigenvalue weighted by Crippen LogP contribution is 2.34. The second-order valence-corrected chi connectivity index (χ2v) is 10.8. The van der Waals surface area contributed by atoms with Crippen molar-refractivity contribution in [1.29, 1.82) is 0 Å². The van der Waals surface area contributed by atoms with Crippen molar-refractivity contribution >= 4 is 40.5 Å². The summed E-state index contributed by atoms with van der Waals surface area (Å²) in [5, 5.41) is 15.7. The van der Waals surface area contributed by atoms with Crippen molar-refractivity contribution in [1.82, 2.24) is 24.6 Å². The molecule has 0 atom stereocenters. The number of thioether (sulfide) groups is 1. The van der Waals surface area contributed by atoms with Gasteiger partial charge in [0.15, 0.2) is 11.0 Å². The Morgan fingerprint density at radius 2 is 1.85 bits per heavy atom. The van der Waals surface area contributed by atoms with E-state index in [9.17, 15) is 9.18 Å². The van der Waals surface area contributed by atoms with Crippen LogP contribution in [0.3, 0.4) is 0 Å². The van der Waals surface area contributed by atoms with Gasteiger partial charge in [0.1, 0.15) is 11.6 Å². The number of aromatic nitrogens is 4. The van der Waals surface area contributed by atoms with E-state index in [1.807, 2.05) is 41.2 Å². The van der Waals surface area contributed by atoms with Crippen molar-refractivity contribution in [3.05, 3.63) is 79.3 Å². The fourth-order valence-electron chi connectivity index (χ4n) is 4.99. The summed E-state index contributed by atoms with van der Waals surface area (Å²) >= 11 is 1.46. The molecule has 0 bridgehead atoms. The summed E-state index contributed by atoms with van der Waals surface area (Å²) in [7, 11) is 4.24. The first kappa shape index (κ1) is 28.3. The lowest BCUT2D eigenvalue weighted by atomic mass is 10.0. The summed E-state index contributed by atoms with van der Waals surface area (Å²) in [5.41, 5.74) is 4.01. The predicted molar refractivity (Wildman–Crippen MR) is 164 cm³/mol. The van der Waals surface area contributed by atoms with Crippen LogP contribution >= 0.6 is 11.8 Å². The van der Waals surface area contributed by atoms with Gasteiger partial charge in [0.05, 0.1) is 17.1 Å². The van der Waals surface area contributed by atoms with Crippen molar-refractivity contribution < 1.29 is 9.18 Å². The number of carbonyl (C=O) groups is 1. The Hall–Kier alpha value is -4.22. The minimum absolute atomic E-state index is 0.266. The zero-order valence-corrected chi connectivity index (χ0v) is 24.2. The molecule has 1 saturated heterocycles. The molecule has 0 unspecified atom stereocenters. The number of piperidine rings is 1. The number of carbonyl (C=O) groups excluding carboxylic acids is 1. The first-order chi connectivity index (χ1) is 19.9. The van der Waals surface area contributed by atoms with Crippen LogP contribution in [0.25, 0.3) is 17.1 Å². The Morgan fingerprint density at radius 3 is 2.54 bits per heavy atom. The van der Waals surface area contributed by atoms with Crippen molar-refractivity contribution in [2.45, 2.75) is 24.0 Å². The van der Waals surface area contributed by atoms with Crippen LogP contribution in [-0.2, 0) is 4.79 Å². The molecule has 212 valence electrons. The van der Waals surface area contributed by atoms with E-state index in [1.54, 1.807) is 18.3 Å². The molecule has 0 spiro atoms. The second kappa shape index (κ2) is 12.5. The van der Waals surface area contributed by atoms with Gasteiger partial charge in [-0.15, -0.1) is 10.2 Å². The van der Waals surface area contributed by atoms with Gasteiger partial charge >= 0.3 is 0 Å². The molecular weight excluding hydrogens is 539 g/mol. The fourth-order valence-corrected chi connectivity index (χ4v) is 5.49. The van der Waals surface area contributed by atoms with E-state index in [0.717, 1.165) is 48.6 Å². The van der Waals surface area contributed by atoms with Crippen LogP contribution < -0.4 is 15.5 Å². The minimum Gasteiger partial charge on any atom is -0.370 e. The Morgan fingerprint density at radius 1 is 1.10 bits per heavy atom. The maximum absolute atomic E-state index is 13.6. The molecule has 5 rings (SSSR count). The molecule has 2 N–H and O–H groups in total. The molecule has 3 heterocycles. The third-order valence-electron chi connectivity index (χ3n) is 7.17. The maximum Gasteiger partial charge on any atom is 0.247 e. The number of nitrogens with one attached hydrogen (secondary N) is 2. The average Bonchev–Trinajstić information content (AvgIpc) is 3.42. The highest BCUT2D eigenvalue weighted by molar-refractivity contribution is 7.98. The summed E-state index contributed by atoms with van der Waals surface area (Å²) in [6, 6.07) is 16.4. The highest BCUT2D eigenvalue weighted by atomic mass is 32.2. The highest BCUT2D eigenvalue weighted by Gasteiger charge is 2.23. The van der Waals surface area contributed by atoms with Gasteiger partial charge in [0.25, 0.3) is 0 Å². The number of benzene rings is 2. The molecule has 41 heavy (non-hydrogen) atoms. The lowest BCUT2D eigenvalue weighted by Crippen LogP contribution is -2.42. The summed E-state index contributed by atoms with van der Waals surface area (Å²) in [6.07, 6.45) is 7.02. The van der Waals surface area contributed by atoms with Crippen LogP contribution in [0.1, 0.15) is 12.8 Å². The third-order valence-corrected chi connectivity index (χ3v) is 7.80. The summed E-state index contributed by atoms with van der Waals surface area (Å²) in [4.78, 5) is 21.4. The van der Waals surface area contributed by atoms with E-state index in [2.05, 4.69) is 56.3 Å². The minimum atomic E-state index is -0.312. The van der Waals surface area contributed by atoms with Gasteiger partial charge in [-0.25, -0.2) is 9.37 Å². The monoisotopic (exact) mass is 572 g/mol. The molecule has 1 aliphatic rings. The van der Waals surface area contributed by atoms with Crippen molar-refractivity contribution in [2.75, 3.05) is 49.0 Å². The number of amides is 1. The number of rotatable bonds is 9. The standard InChI is InChI=1S/C30H33FN8OS/c1-5-28(40)34-25-18-22(10-11-26(25)38-16-13-23(14-17-38)37(2)3)33-27-19-24(12-15-32-27)39-29(35-36-30(39)41-4)20-6-8-21(31)9-7-20/h5-12,15,18-19,23H,1,13-14,16-17H2,2-4H3,(H,32,33)(H,34,40). The largest absolute Gasteiger partial charge is 0.370 e. The Balaban J connectivity index is 1.43.